The van der Waals surface area contributed by atoms with Crippen LogP contribution in [-0.2, 0) is 9.47 Å². The first kappa shape index (κ1) is 13.7. The van der Waals surface area contributed by atoms with Gasteiger partial charge in [-0.15, -0.1) is 0 Å². The fourth-order valence-electron chi connectivity index (χ4n) is 2.23. The van der Waals surface area contributed by atoms with E-state index in [1.54, 1.807) is 0 Å². The standard InChI is InChI=1S/C14H25NO3/c1-14(2,3)18-13(16)15-8-4-5-12(15)10-17-9-11-6-7-11/h11-12H,4-10H2,1-3H3. The van der Waals surface area contributed by atoms with Crippen LogP contribution in [0.2, 0.25) is 0 Å². The van der Waals surface area contributed by atoms with Crippen LogP contribution in [0.5, 0.6) is 0 Å². The van der Waals surface area contributed by atoms with Gasteiger partial charge in [-0.25, -0.2) is 4.79 Å². The summed E-state index contributed by atoms with van der Waals surface area (Å²) in [4.78, 5) is 13.9. The number of amides is 1. The highest BCUT2D eigenvalue weighted by molar-refractivity contribution is 5.68. The van der Waals surface area contributed by atoms with Crippen LogP contribution in [0.3, 0.4) is 0 Å². The number of carbonyl (C=O) groups excluding carboxylic acids is 1. The molecule has 104 valence electrons. The highest BCUT2D eigenvalue weighted by Crippen LogP contribution is 2.29. The first-order valence-corrected chi connectivity index (χ1v) is 7.03. The third kappa shape index (κ3) is 4.16. The summed E-state index contributed by atoms with van der Waals surface area (Å²) in [5, 5.41) is 0. The van der Waals surface area contributed by atoms with E-state index in [4.69, 9.17) is 9.47 Å². The van der Waals surface area contributed by atoms with Gasteiger partial charge >= 0.3 is 6.09 Å². The summed E-state index contributed by atoms with van der Waals surface area (Å²) in [5.41, 5.74) is -0.418. The minimum atomic E-state index is -0.418. The maximum atomic E-state index is 12.0. The van der Waals surface area contributed by atoms with Gasteiger partial charge in [0.2, 0.25) is 0 Å². The lowest BCUT2D eigenvalue weighted by atomic mass is 10.2. The summed E-state index contributed by atoms with van der Waals surface area (Å²) >= 11 is 0. The average Bonchev–Trinajstić information content (AvgIpc) is 2.92. The Hall–Kier alpha value is -0.770. The van der Waals surface area contributed by atoms with Crippen molar-refractivity contribution in [3.8, 4) is 0 Å². The summed E-state index contributed by atoms with van der Waals surface area (Å²) in [6.45, 7) is 8.03. The molecular weight excluding hydrogens is 230 g/mol. The van der Waals surface area contributed by atoms with Gasteiger partial charge in [0.25, 0.3) is 0 Å². The predicted molar refractivity (Wildman–Crippen MR) is 69.5 cm³/mol. The van der Waals surface area contributed by atoms with E-state index in [-0.39, 0.29) is 12.1 Å². The van der Waals surface area contributed by atoms with E-state index in [1.807, 2.05) is 25.7 Å². The van der Waals surface area contributed by atoms with Gasteiger partial charge in [0.1, 0.15) is 5.60 Å². The molecule has 0 aromatic rings. The summed E-state index contributed by atoms with van der Waals surface area (Å²) in [6.07, 6.45) is 4.50. The molecule has 1 atom stereocenters. The number of hydrogen-bond donors (Lipinski definition) is 0. The summed E-state index contributed by atoms with van der Waals surface area (Å²) in [6, 6.07) is 0.207. The second-order valence-corrected chi connectivity index (χ2v) is 6.45. The normalized spacial score (nSPS) is 24.4. The van der Waals surface area contributed by atoms with Crippen molar-refractivity contribution >= 4 is 6.09 Å². The molecule has 1 aliphatic heterocycles. The first-order chi connectivity index (χ1) is 8.46. The van der Waals surface area contributed by atoms with Gasteiger partial charge in [-0.1, -0.05) is 0 Å². The van der Waals surface area contributed by atoms with E-state index in [0.29, 0.717) is 6.61 Å². The van der Waals surface area contributed by atoms with Crippen LogP contribution in [-0.4, -0.2) is 42.4 Å². The Morgan fingerprint density at radius 3 is 2.56 bits per heavy atom. The van der Waals surface area contributed by atoms with Gasteiger partial charge < -0.3 is 14.4 Å². The lowest BCUT2D eigenvalue weighted by Crippen LogP contribution is -2.41. The lowest BCUT2D eigenvalue weighted by molar-refractivity contribution is 0.00974. The van der Waals surface area contributed by atoms with E-state index in [1.165, 1.54) is 12.8 Å². The fraction of sp³-hybridized carbons (Fsp3) is 0.929. The molecule has 0 spiro atoms. The van der Waals surface area contributed by atoms with Crippen molar-refractivity contribution in [2.45, 2.75) is 58.1 Å². The average molecular weight is 255 g/mol. The van der Waals surface area contributed by atoms with Crippen LogP contribution in [0.4, 0.5) is 4.79 Å². The molecule has 1 saturated heterocycles. The Bertz CT molecular complexity index is 294. The molecule has 0 aromatic heterocycles. The van der Waals surface area contributed by atoms with E-state index in [2.05, 4.69) is 0 Å². The Balaban J connectivity index is 1.76. The summed E-state index contributed by atoms with van der Waals surface area (Å²) in [7, 11) is 0. The van der Waals surface area contributed by atoms with E-state index in [0.717, 1.165) is 31.9 Å². The second kappa shape index (κ2) is 5.47. The highest BCUT2D eigenvalue weighted by atomic mass is 16.6. The van der Waals surface area contributed by atoms with Gasteiger partial charge in [-0.05, 0) is 52.4 Å². The summed E-state index contributed by atoms with van der Waals surface area (Å²) in [5.74, 6) is 0.779. The van der Waals surface area contributed by atoms with Crippen LogP contribution < -0.4 is 0 Å². The van der Waals surface area contributed by atoms with Gasteiger partial charge in [-0.2, -0.15) is 0 Å². The molecule has 2 fully saturated rings. The molecule has 1 saturated carbocycles. The quantitative estimate of drug-likeness (QED) is 0.775. The number of ether oxygens (including phenoxy) is 2. The molecular formula is C14H25NO3. The minimum absolute atomic E-state index is 0.194. The van der Waals surface area contributed by atoms with E-state index >= 15 is 0 Å². The third-order valence-electron chi connectivity index (χ3n) is 3.37. The molecule has 1 aliphatic carbocycles. The molecule has 0 N–H and O–H groups in total. The molecule has 0 aromatic carbocycles. The molecule has 0 bridgehead atoms. The van der Waals surface area contributed by atoms with Gasteiger partial charge in [-0.3, -0.25) is 0 Å². The van der Waals surface area contributed by atoms with Gasteiger partial charge in [0.15, 0.2) is 0 Å². The van der Waals surface area contributed by atoms with Crippen molar-refractivity contribution in [2.75, 3.05) is 19.8 Å². The Kier molecular flexibility index (Phi) is 4.15. The second-order valence-electron chi connectivity index (χ2n) is 6.45. The molecule has 0 radical (unpaired) electrons. The Morgan fingerprint density at radius 2 is 1.94 bits per heavy atom. The fourth-order valence-corrected chi connectivity index (χ4v) is 2.23. The number of nitrogens with zero attached hydrogens (tertiary/aromatic N) is 1. The zero-order valence-corrected chi connectivity index (χ0v) is 11.8. The molecule has 4 nitrogen and oxygen atoms in total. The van der Waals surface area contributed by atoms with Crippen molar-refractivity contribution in [1.82, 2.24) is 4.90 Å². The number of carbonyl (C=O) groups is 1. The number of rotatable bonds is 4. The van der Waals surface area contributed by atoms with Crippen molar-refractivity contribution in [2.24, 2.45) is 5.92 Å². The molecule has 1 heterocycles. The lowest BCUT2D eigenvalue weighted by Gasteiger charge is -2.28. The molecule has 1 unspecified atom stereocenters. The van der Waals surface area contributed by atoms with Crippen molar-refractivity contribution in [3.05, 3.63) is 0 Å². The van der Waals surface area contributed by atoms with Crippen molar-refractivity contribution < 1.29 is 14.3 Å². The third-order valence-corrected chi connectivity index (χ3v) is 3.37. The highest BCUT2D eigenvalue weighted by Gasteiger charge is 2.32. The molecule has 1 amide bonds. The smallest absolute Gasteiger partial charge is 0.410 e. The van der Waals surface area contributed by atoms with Crippen LogP contribution in [0.25, 0.3) is 0 Å². The SMILES string of the molecule is CC(C)(C)OC(=O)N1CCCC1COCC1CC1. The number of hydrogen-bond acceptors (Lipinski definition) is 3. The molecule has 18 heavy (non-hydrogen) atoms. The molecule has 2 aliphatic rings. The van der Waals surface area contributed by atoms with Crippen LogP contribution in [0.1, 0.15) is 46.5 Å². The van der Waals surface area contributed by atoms with E-state index < -0.39 is 5.60 Å². The topological polar surface area (TPSA) is 38.8 Å². The molecule has 2 rings (SSSR count). The maximum absolute atomic E-state index is 12.0. The maximum Gasteiger partial charge on any atom is 0.410 e. The predicted octanol–water partition coefficient (Wildman–Crippen LogP) is 2.81. The van der Waals surface area contributed by atoms with Crippen LogP contribution in [0.15, 0.2) is 0 Å². The van der Waals surface area contributed by atoms with Crippen LogP contribution in [0, 0.1) is 5.92 Å². The largest absolute Gasteiger partial charge is 0.444 e. The van der Waals surface area contributed by atoms with Crippen molar-refractivity contribution in [1.29, 1.82) is 0 Å². The minimum Gasteiger partial charge on any atom is -0.444 e. The first-order valence-electron chi connectivity index (χ1n) is 7.03. The Morgan fingerprint density at radius 1 is 1.22 bits per heavy atom. The zero-order valence-electron chi connectivity index (χ0n) is 11.8. The van der Waals surface area contributed by atoms with Gasteiger partial charge in [0, 0.05) is 13.2 Å². The van der Waals surface area contributed by atoms with E-state index in [9.17, 15) is 4.79 Å². The van der Waals surface area contributed by atoms with Crippen molar-refractivity contribution in [3.63, 3.8) is 0 Å². The molecule has 4 heteroatoms. The Labute approximate surface area is 110 Å². The summed E-state index contributed by atoms with van der Waals surface area (Å²) < 4.78 is 11.1. The number of likely N-dealkylation sites (tertiary alicyclic amines) is 1. The van der Waals surface area contributed by atoms with Gasteiger partial charge in [0.05, 0.1) is 12.6 Å². The zero-order chi connectivity index (χ0) is 13.2. The monoisotopic (exact) mass is 255 g/mol. The van der Waals surface area contributed by atoms with Crippen LogP contribution >= 0.6 is 0 Å².